The average molecular weight is 344 g/mol. The number of tetrazole rings is 1. The molecular weight excluding hydrogens is 330 g/mol. The third-order valence-corrected chi connectivity index (χ3v) is 3.43. The molecule has 0 unspecified atom stereocenters. The number of carbonyl (C=O) groups is 1. The molecule has 0 aliphatic heterocycles. The van der Waals surface area contributed by atoms with Crippen LogP contribution in [-0.4, -0.2) is 26.2 Å². The van der Waals surface area contributed by atoms with E-state index in [0.717, 1.165) is 5.56 Å². The van der Waals surface area contributed by atoms with Crippen LogP contribution in [0.3, 0.4) is 0 Å². The van der Waals surface area contributed by atoms with Gasteiger partial charge < -0.3 is 10.6 Å². The molecule has 3 rings (SSSR count). The topological polar surface area (TPSA) is 84.7 Å². The molecule has 1 heterocycles. The van der Waals surface area contributed by atoms with Crippen molar-refractivity contribution >= 4 is 11.7 Å². The number of rotatable bonds is 4. The summed E-state index contributed by atoms with van der Waals surface area (Å²) in [6.45, 7) is 1.88. The minimum atomic E-state index is -0.591. The van der Waals surface area contributed by atoms with Gasteiger partial charge in [0.15, 0.2) is 5.82 Å². The molecular formula is C16H14F2N6O. The number of nitrogens with zero attached hydrogens (tertiary/aromatic N) is 4. The fraction of sp³-hybridized carbons (Fsp3) is 0.125. The predicted octanol–water partition coefficient (Wildman–Crippen LogP) is 2.57. The number of benzene rings is 2. The monoisotopic (exact) mass is 344 g/mol. The van der Waals surface area contributed by atoms with Crippen molar-refractivity contribution in [3.8, 4) is 5.69 Å². The zero-order valence-corrected chi connectivity index (χ0v) is 13.2. The van der Waals surface area contributed by atoms with Crippen molar-refractivity contribution in [2.75, 3.05) is 5.32 Å². The Kier molecular flexibility index (Phi) is 4.64. The van der Waals surface area contributed by atoms with Gasteiger partial charge >= 0.3 is 6.03 Å². The van der Waals surface area contributed by atoms with Crippen molar-refractivity contribution in [2.24, 2.45) is 0 Å². The molecule has 0 saturated heterocycles. The molecule has 0 bridgehead atoms. The van der Waals surface area contributed by atoms with E-state index in [0.29, 0.717) is 11.5 Å². The van der Waals surface area contributed by atoms with Crippen molar-refractivity contribution < 1.29 is 13.6 Å². The van der Waals surface area contributed by atoms with Crippen LogP contribution in [0.1, 0.15) is 11.4 Å². The summed E-state index contributed by atoms with van der Waals surface area (Å²) in [5.41, 5.74) is 1.22. The standard InChI is InChI=1S/C16H14F2N6O/c1-10-21-22-23-24(10)13-6-7-14(18)15(8-13)20-16(25)19-9-11-2-4-12(17)5-3-11/h2-8H,9H2,1H3,(H2,19,20,25). The fourth-order valence-electron chi connectivity index (χ4n) is 2.16. The smallest absolute Gasteiger partial charge is 0.319 e. The molecule has 0 aliphatic carbocycles. The van der Waals surface area contributed by atoms with Crippen LogP contribution in [0.4, 0.5) is 19.3 Å². The van der Waals surface area contributed by atoms with Gasteiger partial charge in [0.2, 0.25) is 0 Å². The number of nitrogens with one attached hydrogen (secondary N) is 2. The number of hydrogen-bond donors (Lipinski definition) is 2. The Morgan fingerprint density at radius 3 is 2.60 bits per heavy atom. The summed E-state index contributed by atoms with van der Waals surface area (Å²) in [5.74, 6) is -0.422. The van der Waals surface area contributed by atoms with Crippen molar-refractivity contribution in [3.05, 3.63) is 65.5 Å². The molecule has 2 amide bonds. The Balaban J connectivity index is 1.68. The summed E-state index contributed by atoms with van der Waals surface area (Å²) in [6.07, 6.45) is 0. The highest BCUT2D eigenvalue weighted by Crippen LogP contribution is 2.19. The maximum atomic E-state index is 13.9. The van der Waals surface area contributed by atoms with E-state index >= 15 is 0 Å². The van der Waals surface area contributed by atoms with Gasteiger partial charge in [0, 0.05) is 6.54 Å². The number of aromatic nitrogens is 4. The van der Waals surface area contributed by atoms with Gasteiger partial charge in [-0.05, 0) is 53.2 Å². The van der Waals surface area contributed by atoms with Gasteiger partial charge in [0.25, 0.3) is 0 Å². The average Bonchev–Trinajstić information content (AvgIpc) is 3.02. The SMILES string of the molecule is Cc1nnnn1-c1ccc(F)c(NC(=O)NCc2ccc(F)cc2)c1. The maximum Gasteiger partial charge on any atom is 0.319 e. The minimum Gasteiger partial charge on any atom is -0.334 e. The van der Waals surface area contributed by atoms with Gasteiger partial charge in [-0.15, -0.1) is 5.10 Å². The number of hydrogen-bond acceptors (Lipinski definition) is 4. The van der Waals surface area contributed by atoms with Gasteiger partial charge in [-0.2, -0.15) is 4.68 Å². The Bertz CT molecular complexity index is 894. The molecule has 0 spiro atoms. The quantitative estimate of drug-likeness (QED) is 0.762. The first-order chi connectivity index (χ1) is 12.0. The second kappa shape index (κ2) is 7.04. The highest BCUT2D eigenvalue weighted by Gasteiger charge is 2.11. The molecule has 0 atom stereocenters. The van der Waals surface area contributed by atoms with E-state index in [-0.39, 0.29) is 18.0 Å². The number of carbonyl (C=O) groups excluding carboxylic acids is 1. The zero-order chi connectivity index (χ0) is 17.8. The normalized spacial score (nSPS) is 10.5. The molecule has 1 aromatic heterocycles. The lowest BCUT2D eigenvalue weighted by molar-refractivity contribution is 0.251. The highest BCUT2D eigenvalue weighted by atomic mass is 19.1. The van der Waals surface area contributed by atoms with Gasteiger partial charge in [-0.3, -0.25) is 0 Å². The molecule has 128 valence electrons. The summed E-state index contributed by atoms with van der Waals surface area (Å²) < 4.78 is 28.2. The second-order valence-corrected chi connectivity index (χ2v) is 5.24. The summed E-state index contributed by atoms with van der Waals surface area (Å²) in [5, 5.41) is 16.1. The van der Waals surface area contributed by atoms with Crippen LogP contribution in [0.15, 0.2) is 42.5 Å². The molecule has 0 radical (unpaired) electrons. The lowest BCUT2D eigenvalue weighted by atomic mass is 10.2. The molecule has 3 aromatic rings. The van der Waals surface area contributed by atoms with Crippen molar-refractivity contribution in [3.63, 3.8) is 0 Å². The summed E-state index contributed by atoms with van der Waals surface area (Å²) in [4.78, 5) is 12.0. The van der Waals surface area contributed by atoms with E-state index in [1.807, 2.05) is 0 Å². The van der Waals surface area contributed by atoms with E-state index in [2.05, 4.69) is 26.2 Å². The lowest BCUT2D eigenvalue weighted by Crippen LogP contribution is -2.28. The Labute approximate surface area is 141 Å². The number of halogens is 2. The van der Waals surface area contributed by atoms with Gasteiger partial charge in [0.05, 0.1) is 11.4 Å². The van der Waals surface area contributed by atoms with E-state index in [9.17, 15) is 13.6 Å². The molecule has 0 saturated carbocycles. The molecule has 2 aromatic carbocycles. The van der Waals surface area contributed by atoms with Crippen molar-refractivity contribution in [2.45, 2.75) is 13.5 Å². The molecule has 2 N–H and O–H groups in total. The summed E-state index contributed by atoms with van der Waals surface area (Å²) >= 11 is 0. The molecule has 0 aliphatic rings. The van der Waals surface area contributed by atoms with Gasteiger partial charge in [0.1, 0.15) is 11.6 Å². The van der Waals surface area contributed by atoms with Crippen LogP contribution in [0.25, 0.3) is 5.69 Å². The molecule has 9 heteroatoms. The van der Waals surface area contributed by atoms with Crippen LogP contribution in [0.2, 0.25) is 0 Å². The second-order valence-electron chi connectivity index (χ2n) is 5.24. The van der Waals surface area contributed by atoms with Crippen molar-refractivity contribution in [1.82, 2.24) is 25.5 Å². The third-order valence-electron chi connectivity index (χ3n) is 3.43. The Morgan fingerprint density at radius 2 is 1.92 bits per heavy atom. The van der Waals surface area contributed by atoms with Crippen LogP contribution < -0.4 is 10.6 Å². The number of anilines is 1. The Morgan fingerprint density at radius 1 is 1.16 bits per heavy atom. The number of amides is 2. The Hall–Kier alpha value is -3.36. The van der Waals surface area contributed by atoms with E-state index in [1.54, 1.807) is 19.1 Å². The molecule has 0 fully saturated rings. The highest BCUT2D eigenvalue weighted by molar-refractivity contribution is 5.89. The number of aryl methyl sites for hydroxylation is 1. The zero-order valence-electron chi connectivity index (χ0n) is 13.2. The predicted molar refractivity (Wildman–Crippen MR) is 86.1 cm³/mol. The number of urea groups is 1. The lowest BCUT2D eigenvalue weighted by Gasteiger charge is -2.10. The first kappa shape index (κ1) is 16.5. The van der Waals surface area contributed by atoms with E-state index in [4.69, 9.17) is 0 Å². The van der Waals surface area contributed by atoms with Crippen LogP contribution >= 0.6 is 0 Å². The van der Waals surface area contributed by atoms with Crippen LogP contribution in [-0.2, 0) is 6.54 Å². The maximum absolute atomic E-state index is 13.9. The van der Waals surface area contributed by atoms with Crippen LogP contribution in [0, 0.1) is 18.6 Å². The first-order valence-corrected chi connectivity index (χ1v) is 7.37. The largest absolute Gasteiger partial charge is 0.334 e. The first-order valence-electron chi connectivity index (χ1n) is 7.37. The van der Waals surface area contributed by atoms with Crippen molar-refractivity contribution in [1.29, 1.82) is 0 Å². The van der Waals surface area contributed by atoms with Crippen LogP contribution in [0.5, 0.6) is 0 Å². The fourth-order valence-corrected chi connectivity index (χ4v) is 2.16. The molecule has 25 heavy (non-hydrogen) atoms. The van der Waals surface area contributed by atoms with E-state index in [1.165, 1.54) is 35.0 Å². The summed E-state index contributed by atoms with van der Waals surface area (Å²) in [6, 6.07) is 9.25. The summed E-state index contributed by atoms with van der Waals surface area (Å²) in [7, 11) is 0. The minimum absolute atomic E-state index is 0.0102. The van der Waals surface area contributed by atoms with E-state index < -0.39 is 11.8 Å². The molecule has 7 nitrogen and oxygen atoms in total. The third kappa shape index (κ3) is 3.94. The van der Waals surface area contributed by atoms with Gasteiger partial charge in [-0.1, -0.05) is 12.1 Å². The van der Waals surface area contributed by atoms with Gasteiger partial charge in [-0.25, -0.2) is 13.6 Å².